The molecule has 2 atom stereocenters. The Hall–Kier alpha value is -2.38. The highest BCUT2D eigenvalue weighted by Crippen LogP contribution is 2.31. The number of likely N-dealkylation sites (tertiary alicyclic amines) is 1. The van der Waals surface area contributed by atoms with Gasteiger partial charge in [0.15, 0.2) is 0 Å². The van der Waals surface area contributed by atoms with Crippen LogP contribution in [-0.4, -0.2) is 52.0 Å². The minimum absolute atomic E-state index is 0.0915. The van der Waals surface area contributed by atoms with E-state index in [1.54, 1.807) is 13.3 Å². The predicted molar refractivity (Wildman–Crippen MR) is 102 cm³/mol. The molecule has 1 aliphatic carbocycles. The molecule has 7 heteroatoms. The van der Waals surface area contributed by atoms with Gasteiger partial charge in [0.1, 0.15) is 5.75 Å². The Morgan fingerprint density at radius 3 is 3.00 bits per heavy atom. The second kappa shape index (κ2) is 7.70. The molecule has 4 rings (SSSR count). The van der Waals surface area contributed by atoms with Crippen LogP contribution in [0, 0.1) is 5.92 Å². The van der Waals surface area contributed by atoms with Crippen LogP contribution in [0.3, 0.4) is 0 Å². The molecular weight excluding hydrogens is 344 g/mol. The van der Waals surface area contributed by atoms with E-state index in [1.807, 2.05) is 29.1 Å². The minimum atomic E-state index is 0.0915. The predicted octanol–water partition coefficient (Wildman–Crippen LogP) is 2.05. The Morgan fingerprint density at radius 1 is 1.41 bits per heavy atom. The number of aliphatic hydroxyl groups excluding tert-OH is 1. The van der Waals surface area contributed by atoms with Crippen LogP contribution in [0.1, 0.15) is 30.9 Å². The first-order valence-corrected chi connectivity index (χ1v) is 9.49. The number of hydrogen-bond donors (Lipinski definition) is 2. The maximum atomic E-state index is 11.9. The van der Waals surface area contributed by atoms with E-state index >= 15 is 0 Å². The van der Waals surface area contributed by atoms with Crippen LogP contribution in [0.5, 0.6) is 5.75 Å². The summed E-state index contributed by atoms with van der Waals surface area (Å²) in [4.78, 5) is 14.2. The van der Waals surface area contributed by atoms with Gasteiger partial charge in [0.25, 0.3) is 0 Å². The third kappa shape index (κ3) is 4.14. The van der Waals surface area contributed by atoms with Crippen LogP contribution < -0.4 is 10.1 Å². The van der Waals surface area contributed by atoms with Crippen LogP contribution in [0.2, 0.25) is 0 Å². The van der Waals surface area contributed by atoms with Gasteiger partial charge in [-0.3, -0.25) is 14.4 Å². The molecule has 1 saturated heterocycles. The number of anilines is 1. The maximum Gasteiger partial charge on any atom is 0.227 e. The molecule has 1 aliphatic heterocycles. The number of aromatic nitrogens is 2. The van der Waals surface area contributed by atoms with E-state index in [4.69, 9.17) is 4.74 Å². The van der Waals surface area contributed by atoms with E-state index in [0.29, 0.717) is 0 Å². The molecule has 7 nitrogen and oxygen atoms in total. The van der Waals surface area contributed by atoms with Gasteiger partial charge in [0, 0.05) is 31.2 Å². The maximum absolute atomic E-state index is 11.9. The summed E-state index contributed by atoms with van der Waals surface area (Å²) in [5.41, 5.74) is 1.91. The Morgan fingerprint density at radius 2 is 2.26 bits per heavy atom. The summed E-state index contributed by atoms with van der Waals surface area (Å²) in [6.45, 7) is 1.68. The number of aliphatic hydroxyl groups is 1. The molecule has 0 radical (unpaired) electrons. The fourth-order valence-electron chi connectivity index (χ4n) is 3.73. The number of methoxy groups -OCH3 is 1. The van der Waals surface area contributed by atoms with Gasteiger partial charge in [-0.05, 0) is 37.0 Å². The number of carbonyl (C=O) groups excluding carboxylic acids is 1. The Balaban J connectivity index is 1.41. The van der Waals surface area contributed by atoms with Crippen LogP contribution in [0.15, 0.2) is 36.7 Å². The van der Waals surface area contributed by atoms with Crippen molar-refractivity contribution in [3.05, 3.63) is 42.2 Å². The van der Waals surface area contributed by atoms with Crippen molar-refractivity contribution in [2.24, 2.45) is 5.92 Å². The third-order valence-corrected chi connectivity index (χ3v) is 5.43. The monoisotopic (exact) mass is 370 g/mol. The highest BCUT2D eigenvalue weighted by atomic mass is 16.5. The number of ether oxygens (including phenoxy) is 1. The molecular formula is C20H26N4O3. The quantitative estimate of drug-likeness (QED) is 0.780. The standard InChI is InChI=1S/C20H26N4O3/c1-27-19-4-2-3-14(7-19)10-23-12-17(8-18(23)13-25)24-11-16(9-21-24)22-20(26)15-5-6-15/h2-4,7,9,11,15,17-18,25H,5-6,8,10,12-13H2,1H3,(H,22,26)/t17-,18-/m0/s1. The van der Waals surface area contributed by atoms with Crippen LogP contribution in [0.25, 0.3) is 0 Å². The number of nitrogens with one attached hydrogen (secondary N) is 1. The SMILES string of the molecule is COc1cccc(CN2C[C@@H](n3cc(NC(=O)C4CC4)cn3)C[C@H]2CO)c1. The number of benzene rings is 1. The summed E-state index contributed by atoms with van der Waals surface area (Å²) < 4.78 is 7.22. The van der Waals surface area contributed by atoms with Crippen molar-refractivity contribution in [3.8, 4) is 5.75 Å². The van der Waals surface area contributed by atoms with Crippen molar-refractivity contribution in [1.29, 1.82) is 0 Å². The van der Waals surface area contributed by atoms with Gasteiger partial charge >= 0.3 is 0 Å². The summed E-state index contributed by atoms with van der Waals surface area (Å²) in [6, 6.07) is 8.29. The average Bonchev–Trinajstić information content (AvgIpc) is 3.31. The zero-order chi connectivity index (χ0) is 18.8. The summed E-state index contributed by atoms with van der Waals surface area (Å²) in [5, 5.41) is 17.2. The normalized spacial score (nSPS) is 22.7. The topological polar surface area (TPSA) is 79.6 Å². The molecule has 0 bridgehead atoms. The minimum Gasteiger partial charge on any atom is -0.497 e. The molecule has 1 saturated carbocycles. The van der Waals surface area contributed by atoms with E-state index in [2.05, 4.69) is 21.4 Å². The number of amides is 1. The molecule has 2 heterocycles. The third-order valence-electron chi connectivity index (χ3n) is 5.43. The van der Waals surface area contributed by atoms with Gasteiger partial charge in [-0.25, -0.2) is 0 Å². The summed E-state index contributed by atoms with van der Waals surface area (Å²) in [6.07, 6.45) is 6.41. The molecule has 1 amide bonds. The second-order valence-electron chi connectivity index (χ2n) is 7.48. The van der Waals surface area contributed by atoms with Crippen molar-refractivity contribution < 1.29 is 14.6 Å². The van der Waals surface area contributed by atoms with Gasteiger partial charge in [-0.15, -0.1) is 0 Å². The van der Waals surface area contributed by atoms with Crippen molar-refractivity contribution in [3.63, 3.8) is 0 Å². The van der Waals surface area contributed by atoms with E-state index < -0.39 is 0 Å². The van der Waals surface area contributed by atoms with E-state index in [9.17, 15) is 9.90 Å². The van der Waals surface area contributed by atoms with Gasteiger partial charge in [0.2, 0.25) is 5.91 Å². The summed E-state index contributed by atoms with van der Waals surface area (Å²) in [7, 11) is 1.67. The van der Waals surface area contributed by atoms with E-state index in [1.165, 1.54) is 0 Å². The molecule has 2 N–H and O–H groups in total. The first kappa shape index (κ1) is 18.0. The zero-order valence-electron chi connectivity index (χ0n) is 15.5. The van der Waals surface area contributed by atoms with Crippen LogP contribution in [-0.2, 0) is 11.3 Å². The molecule has 144 valence electrons. The van der Waals surface area contributed by atoms with Crippen LogP contribution in [0.4, 0.5) is 5.69 Å². The lowest BCUT2D eigenvalue weighted by Gasteiger charge is -2.22. The van der Waals surface area contributed by atoms with Crippen molar-refractivity contribution >= 4 is 11.6 Å². The first-order chi connectivity index (χ1) is 13.2. The smallest absolute Gasteiger partial charge is 0.227 e. The van der Waals surface area contributed by atoms with Crippen molar-refractivity contribution in [1.82, 2.24) is 14.7 Å². The molecule has 1 aromatic heterocycles. The fourth-order valence-corrected chi connectivity index (χ4v) is 3.73. The fraction of sp³-hybridized carbons (Fsp3) is 0.500. The van der Waals surface area contributed by atoms with Gasteiger partial charge in [-0.1, -0.05) is 12.1 Å². The van der Waals surface area contributed by atoms with E-state index in [0.717, 1.165) is 49.4 Å². The molecule has 2 fully saturated rings. The molecule has 2 aromatic rings. The number of nitrogens with zero attached hydrogens (tertiary/aromatic N) is 3. The molecule has 1 aromatic carbocycles. The highest BCUT2D eigenvalue weighted by Gasteiger charge is 2.33. The summed E-state index contributed by atoms with van der Waals surface area (Å²) >= 11 is 0. The Kier molecular flexibility index (Phi) is 5.13. The summed E-state index contributed by atoms with van der Waals surface area (Å²) in [5.74, 6) is 1.11. The van der Waals surface area contributed by atoms with Gasteiger partial charge < -0.3 is 15.2 Å². The van der Waals surface area contributed by atoms with Crippen molar-refractivity contribution in [2.45, 2.75) is 37.9 Å². The Labute approximate surface area is 158 Å². The molecule has 27 heavy (non-hydrogen) atoms. The average molecular weight is 370 g/mol. The Bertz CT molecular complexity index is 802. The number of hydrogen-bond acceptors (Lipinski definition) is 5. The largest absolute Gasteiger partial charge is 0.497 e. The number of carbonyl (C=O) groups is 1. The number of rotatable bonds is 7. The van der Waals surface area contributed by atoms with E-state index in [-0.39, 0.29) is 30.5 Å². The lowest BCUT2D eigenvalue weighted by molar-refractivity contribution is -0.117. The zero-order valence-corrected chi connectivity index (χ0v) is 15.5. The van der Waals surface area contributed by atoms with Crippen LogP contribution >= 0.6 is 0 Å². The second-order valence-corrected chi connectivity index (χ2v) is 7.48. The molecule has 0 unspecified atom stereocenters. The van der Waals surface area contributed by atoms with Crippen molar-refractivity contribution in [2.75, 3.05) is 25.6 Å². The molecule has 2 aliphatic rings. The van der Waals surface area contributed by atoms with Gasteiger partial charge in [0.05, 0.1) is 31.6 Å². The molecule has 0 spiro atoms. The highest BCUT2D eigenvalue weighted by molar-refractivity contribution is 5.93. The lowest BCUT2D eigenvalue weighted by atomic mass is 10.1. The van der Waals surface area contributed by atoms with Gasteiger partial charge in [-0.2, -0.15) is 5.10 Å². The first-order valence-electron chi connectivity index (χ1n) is 9.49. The lowest BCUT2D eigenvalue weighted by Crippen LogP contribution is -2.31.